The van der Waals surface area contributed by atoms with Crippen molar-refractivity contribution in [2.75, 3.05) is 5.88 Å². The zero-order valence-corrected chi connectivity index (χ0v) is 12.1. The Morgan fingerprint density at radius 3 is 2.95 bits per heavy atom. The molecule has 0 radical (unpaired) electrons. The van der Waals surface area contributed by atoms with Crippen LogP contribution in [0.15, 0.2) is 28.9 Å². The summed E-state index contributed by atoms with van der Waals surface area (Å²) < 4.78 is 7.68. The van der Waals surface area contributed by atoms with Crippen LogP contribution in [0.3, 0.4) is 0 Å². The van der Waals surface area contributed by atoms with Gasteiger partial charge in [0, 0.05) is 18.5 Å². The number of oxazole rings is 1. The van der Waals surface area contributed by atoms with Crippen molar-refractivity contribution in [1.82, 2.24) is 19.5 Å². The molecule has 0 aromatic carbocycles. The lowest BCUT2D eigenvalue weighted by Gasteiger charge is -2.13. The summed E-state index contributed by atoms with van der Waals surface area (Å²) in [6, 6.07) is 3.76. The van der Waals surface area contributed by atoms with Gasteiger partial charge in [0.1, 0.15) is 23.1 Å². The molecule has 1 unspecified atom stereocenters. The summed E-state index contributed by atoms with van der Waals surface area (Å²) in [5, 5.41) is 0. The second kappa shape index (κ2) is 5.25. The fraction of sp³-hybridized carbons (Fsp3) is 0.357. The Morgan fingerprint density at radius 2 is 2.25 bits per heavy atom. The van der Waals surface area contributed by atoms with Gasteiger partial charge in [-0.3, -0.25) is 0 Å². The number of rotatable bonds is 4. The van der Waals surface area contributed by atoms with Crippen molar-refractivity contribution < 1.29 is 4.42 Å². The van der Waals surface area contributed by atoms with Crippen LogP contribution < -0.4 is 0 Å². The van der Waals surface area contributed by atoms with E-state index in [1.54, 1.807) is 12.4 Å². The Kier molecular flexibility index (Phi) is 3.44. The maximum Gasteiger partial charge on any atom is 0.217 e. The van der Waals surface area contributed by atoms with Crippen LogP contribution in [0.25, 0.3) is 11.2 Å². The summed E-state index contributed by atoms with van der Waals surface area (Å²) in [6.45, 7) is 3.91. The Morgan fingerprint density at radius 1 is 1.40 bits per heavy atom. The molecule has 20 heavy (non-hydrogen) atoms. The quantitative estimate of drug-likeness (QED) is 0.693. The van der Waals surface area contributed by atoms with Gasteiger partial charge in [0.2, 0.25) is 5.89 Å². The normalized spacial score (nSPS) is 12.9. The third kappa shape index (κ3) is 2.18. The maximum atomic E-state index is 5.88. The molecule has 3 heterocycles. The lowest BCUT2D eigenvalue weighted by atomic mass is 10.3. The van der Waals surface area contributed by atoms with Crippen molar-refractivity contribution in [2.45, 2.75) is 26.3 Å². The highest BCUT2D eigenvalue weighted by molar-refractivity contribution is 6.17. The highest BCUT2D eigenvalue weighted by Gasteiger charge is 2.21. The molecule has 0 bridgehead atoms. The molecule has 0 fully saturated rings. The van der Waals surface area contributed by atoms with E-state index < -0.39 is 0 Å². The van der Waals surface area contributed by atoms with E-state index in [-0.39, 0.29) is 6.04 Å². The molecule has 0 aliphatic heterocycles. The van der Waals surface area contributed by atoms with Crippen molar-refractivity contribution in [3.63, 3.8) is 0 Å². The van der Waals surface area contributed by atoms with E-state index in [0.717, 1.165) is 22.7 Å². The monoisotopic (exact) mass is 290 g/mol. The molecule has 0 aliphatic carbocycles. The summed E-state index contributed by atoms with van der Waals surface area (Å²) in [5.74, 6) is 2.86. The van der Waals surface area contributed by atoms with E-state index in [9.17, 15) is 0 Å². The van der Waals surface area contributed by atoms with Gasteiger partial charge in [0.15, 0.2) is 5.65 Å². The van der Waals surface area contributed by atoms with Gasteiger partial charge in [-0.05, 0) is 26.0 Å². The smallest absolute Gasteiger partial charge is 0.217 e. The van der Waals surface area contributed by atoms with E-state index in [4.69, 9.17) is 16.0 Å². The molecule has 5 nitrogen and oxygen atoms in total. The Balaban J connectivity index is 2.15. The Bertz CT molecular complexity index is 734. The van der Waals surface area contributed by atoms with Gasteiger partial charge in [0.25, 0.3) is 0 Å². The number of fused-ring (bicyclic) bond motifs is 1. The van der Waals surface area contributed by atoms with Gasteiger partial charge in [-0.1, -0.05) is 0 Å². The summed E-state index contributed by atoms with van der Waals surface area (Å²) >= 11 is 5.88. The van der Waals surface area contributed by atoms with Crippen molar-refractivity contribution in [1.29, 1.82) is 0 Å². The predicted octanol–water partition coefficient (Wildman–Crippen LogP) is 3.12. The van der Waals surface area contributed by atoms with Crippen molar-refractivity contribution in [3.05, 3.63) is 42.0 Å². The topological polar surface area (TPSA) is 56.7 Å². The number of hydrogen-bond acceptors (Lipinski definition) is 4. The molecule has 3 rings (SSSR count). The van der Waals surface area contributed by atoms with Crippen LogP contribution in [0.4, 0.5) is 0 Å². The molecule has 104 valence electrons. The van der Waals surface area contributed by atoms with Gasteiger partial charge in [0.05, 0.1) is 6.20 Å². The highest BCUT2D eigenvalue weighted by Crippen LogP contribution is 2.25. The molecule has 6 heteroatoms. The molecule has 1 atom stereocenters. The van der Waals surface area contributed by atoms with Crippen LogP contribution in [0.1, 0.15) is 30.4 Å². The zero-order valence-electron chi connectivity index (χ0n) is 11.4. The molecular weight excluding hydrogens is 276 g/mol. The lowest BCUT2D eigenvalue weighted by molar-refractivity contribution is 0.413. The van der Waals surface area contributed by atoms with Gasteiger partial charge in [-0.15, -0.1) is 11.6 Å². The van der Waals surface area contributed by atoms with E-state index in [1.165, 1.54) is 0 Å². The standard InChI is InChI=1S/C14H15ClN4O/c1-9-8-17-14(20-9)10(2)19-12(5-6-15)18-11-4-3-7-16-13(11)19/h3-4,7-8,10H,5-6H2,1-2H3. The van der Waals surface area contributed by atoms with Gasteiger partial charge < -0.3 is 8.98 Å². The molecule has 0 spiro atoms. The summed E-state index contributed by atoms with van der Waals surface area (Å²) in [6.07, 6.45) is 4.17. The average Bonchev–Trinajstić information content (AvgIpc) is 3.02. The summed E-state index contributed by atoms with van der Waals surface area (Å²) in [4.78, 5) is 13.3. The van der Waals surface area contributed by atoms with Crippen molar-refractivity contribution >= 4 is 22.8 Å². The SMILES string of the molecule is Cc1cnc(C(C)n2c(CCCl)nc3cccnc32)o1. The van der Waals surface area contributed by atoms with Crippen LogP contribution >= 0.6 is 11.6 Å². The maximum absolute atomic E-state index is 5.88. The first-order valence-electron chi connectivity index (χ1n) is 6.51. The van der Waals surface area contributed by atoms with Gasteiger partial charge in [-0.25, -0.2) is 15.0 Å². The van der Waals surface area contributed by atoms with Crippen LogP contribution in [-0.2, 0) is 6.42 Å². The molecule has 3 aromatic heterocycles. The summed E-state index contributed by atoms with van der Waals surface area (Å²) in [7, 11) is 0. The number of hydrogen-bond donors (Lipinski definition) is 0. The number of halogens is 1. The fourth-order valence-electron chi connectivity index (χ4n) is 2.32. The third-order valence-corrected chi connectivity index (χ3v) is 3.41. The number of aromatic nitrogens is 4. The molecule has 0 N–H and O–H groups in total. The van der Waals surface area contributed by atoms with E-state index in [2.05, 4.69) is 15.0 Å². The molecule has 0 aliphatic rings. The molecule has 3 aromatic rings. The van der Waals surface area contributed by atoms with Crippen LogP contribution in [-0.4, -0.2) is 25.4 Å². The zero-order chi connectivity index (χ0) is 14.1. The fourth-order valence-corrected chi connectivity index (χ4v) is 2.49. The van der Waals surface area contributed by atoms with E-state index in [1.807, 2.05) is 30.5 Å². The Hall–Kier alpha value is -1.88. The number of alkyl halides is 1. The first-order chi connectivity index (χ1) is 9.70. The second-order valence-corrected chi connectivity index (χ2v) is 5.05. The lowest BCUT2D eigenvalue weighted by Crippen LogP contribution is -2.12. The van der Waals surface area contributed by atoms with Crippen LogP contribution in [0.2, 0.25) is 0 Å². The number of nitrogens with zero attached hydrogens (tertiary/aromatic N) is 4. The van der Waals surface area contributed by atoms with Gasteiger partial charge >= 0.3 is 0 Å². The molecule has 0 saturated heterocycles. The molecule has 0 saturated carbocycles. The van der Waals surface area contributed by atoms with E-state index in [0.29, 0.717) is 18.2 Å². The van der Waals surface area contributed by atoms with E-state index >= 15 is 0 Å². The number of aryl methyl sites for hydroxylation is 2. The molecular formula is C14H15ClN4O. The Labute approximate surface area is 121 Å². The predicted molar refractivity (Wildman–Crippen MR) is 77.0 cm³/mol. The average molecular weight is 291 g/mol. The highest BCUT2D eigenvalue weighted by atomic mass is 35.5. The molecule has 0 amide bonds. The minimum atomic E-state index is -0.0678. The summed E-state index contributed by atoms with van der Waals surface area (Å²) in [5.41, 5.74) is 1.69. The number of pyridine rings is 1. The van der Waals surface area contributed by atoms with Crippen molar-refractivity contribution in [3.8, 4) is 0 Å². The first kappa shape index (κ1) is 13.1. The van der Waals surface area contributed by atoms with Crippen LogP contribution in [0, 0.1) is 6.92 Å². The minimum absolute atomic E-state index is 0.0678. The largest absolute Gasteiger partial charge is 0.444 e. The second-order valence-electron chi connectivity index (χ2n) is 4.67. The van der Waals surface area contributed by atoms with Crippen LogP contribution in [0.5, 0.6) is 0 Å². The minimum Gasteiger partial charge on any atom is -0.444 e. The third-order valence-electron chi connectivity index (χ3n) is 3.22. The van der Waals surface area contributed by atoms with Gasteiger partial charge in [-0.2, -0.15) is 0 Å². The van der Waals surface area contributed by atoms with Crippen molar-refractivity contribution in [2.24, 2.45) is 0 Å². The number of imidazole rings is 1. The first-order valence-corrected chi connectivity index (χ1v) is 7.04.